The highest BCUT2D eigenvalue weighted by molar-refractivity contribution is 6.00. The van der Waals surface area contributed by atoms with Gasteiger partial charge in [0.2, 0.25) is 0 Å². The molecule has 0 spiro atoms. The third-order valence-corrected chi connectivity index (χ3v) is 6.46. The van der Waals surface area contributed by atoms with Crippen molar-refractivity contribution in [2.75, 3.05) is 13.2 Å². The number of rotatable bonds is 10. The van der Waals surface area contributed by atoms with E-state index in [-0.39, 0.29) is 23.8 Å². The number of hydrogen-bond donors (Lipinski definition) is 2. The summed E-state index contributed by atoms with van der Waals surface area (Å²) in [5, 5.41) is 17.9. The van der Waals surface area contributed by atoms with Crippen LogP contribution in [0.2, 0.25) is 0 Å². The number of H-pyrrole nitrogens is 1. The highest BCUT2D eigenvalue weighted by atomic mass is 16.5. The lowest BCUT2D eigenvalue weighted by Gasteiger charge is -2.27. The first-order chi connectivity index (χ1) is 18.0. The first-order valence-electron chi connectivity index (χ1n) is 12.6. The molecule has 1 aliphatic rings. The van der Waals surface area contributed by atoms with Crippen LogP contribution >= 0.6 is 0 Å². The second-order valence-electron chi connectivity index (χ2n) is 9.40. The van der Waals surface area contributed by atoms with Crippen molar-refractivity contribution in [3.8, 4) is 22.8 Å². The molecular weight excluding hydrogens is 466 g/mol. The van der Waals surface area contributed by atoms with Crippen molar-refractivity contribution in [2.24, 2.45) is 0 Å². The van der Waals surface area contributed by atoms with Crippen LogP contribution in [0.15, 0.2) is 78.9 Å². The molecule has 1 aliphatic heterocycles. The van der Waals surface area contributed by atoms with E-state index in [0.717, 1.165) is 22.4 Å². The van der Waals surface area contributed by atoms with Gasteiger partial charge < -0.3 is 19.5 Å². The van der Waals surface area contributed by atoms with E-state index in [2.05, 4.69) is 10.2 Å². The van der Waals surface area contributed by atoms with E-state index in [4.69, 9.17) is 9.47 Å². The first kappa shape index (κ1) is 24.6. The molecule has 1 aromatic heterocycles. The number of phenols is 1. The van der Waals surface area contributed by atoms with Crippen LogP contribution in [0, 0.1) is 0 Å². The highest BCUT2D eigenvalue weighted by Gasteiger charge is 2.42. The fourth-order valence-corrected chi connectivity index (χ4v) is 4.69. The summed E-state index contributed by atoms with van der Waals surface area (Å²) in [6, 6.07) is 24.6. The molecule has 7 heteroatoms. The second kappa shape index (κ2) is 10.9. The zero-order valence-electron chi connectivity index (χ0n) is 21.1. The molecule has 37 heavy (non-hydrogen) atoms. The fraction of sp³-hybridized carbons (Fsp3) is 0.267. The number of ether oxygens (including phenoxy) is 2. The van der Waals surface area contributed by atoms with Crippen LogP contribution in [0.25, 0.3) is 11.3 Å². The molecular formula is C30H31N3O4. The van der Waals surface area contributed by atoms with Gasteiger partial charge in [-0.1, -0.05) is 54.6 Å². The van der Waals surface area contributed by atoms with E-state index in [0.29, 0.717) is 43.1 Å². The number of carbonyl (C=O) groups excluding carboxylic acids is 1. The number of hydrogen-bond acceptors (Lipinski definition) is 5. The Morgan fingerprint density at radius 1 is 1.00 bits per heavy atom. The summed E-state index contributed by atoms with van der Waals surface area (Å²) >= 11 is 0. The third-order valence-electron chi connectivity index (χ3n) is 6.46. The minimum atomic E-state index is -0.349. The zero-order valence-corrected chi connectivity index (χ0v) is 21.1. The van der Waals surface area contributed by atoms with Gasteiger partial charge in [-0.05, 0) is 55.7 Å². The predicted octanol–water partition coefficient (Wildman–Crippen LogP) is 5.72. The number of fused-ring (bicyclic) bond motifs is 1. The van der Waals surface area contributed by atoms with E-state index in [1.165, 1.54) is 0 Å². The van der Waals surface area contributed by atoms with Crippen LogP contribution in [0.4, 0.5) is 0 Å². The van der Waals surface area contributed by atoms with Crippen molar-refractivity contribution in [3.05, 3.63) is 101 Å². The number of carbonyl (C=O) groups is 1. The molecule has 0 fully saturated rings. The van der Waals surface area contributed by atoms with Crippen molar-refractivity contribution in [1.29, 1.82) is 0 Å². The van der Waals surface area contributed by atoms with Gasteiger partial charge in [0, 0.05) is 24.3 Å². The Hall–Kier alpha value is -4.10. The molecule has 1 unspecified atom stereocenters. The Morgan fingerprint density at radius 3 is 2.46 bits per heavy atom. The lowest BCUT2D eigenvalue weighted by molar-refractivity contribution is 0.0601. The summed E-state index contributed by atoms with van der Waals surface area (Å²) in [7, 11) is 0. The normalized spacial score (nSPS) is 14.8. The number of aromatic nitrogens is 2. The molecule has 0 aliphatic carbocycles. The Bertz CT molecular complexity index is 1350. The molecule has 0 saturated carbocycles. The summed E-state index contributed by atoms with van der Waals surface area (Å²) in [6.45, 7) is 5.58. The maximum atomic E-state index is 13.5. The predicted molar refractivity (Wildman–Crippen MR) is 141 cm³/mol. The van der Waals surface area contributed by atoms with Crippen molar-refractivity contribution < 1.29 is 19.4 Å². The van der Waals surface area contributed by atoms with Gasteiger partial charge in [-0.25, -0.2) is 0 Å². The third kappa shape index (κ3) is 5.22. The minimum Gasteiger partial charge on any atom is -0.507 e. The molecule has 0 radical (unpaired) electrons. The molecule has 0 bridgehead atoms. The monoisotopic (exact) mass is 497 g/mol. The van der Waals surface area contributed by atoms with E-state index in [1.807, 2.05) is 85.5 Å². The van der Waals surface area contributed by atoms with Crippen LogP contribution in [0.1, 0.15) is 53.5 Å². The minimum absolute atomic E-state index is 0.108. The standard InChI is InChI=1S/C30H31N3O4/c1-20(2)36-18-8-17-33-29(22-13-15-23(16-14-22)37-19-21-9-4-3-5-10-21)26-27(31-32-28(26)30(33)35)24-11-6-7-12-25(24)34/h3-7,9-16,20,29,34H,8,17-19H2,1-2H3,(H,31,32). The lowest BCUT2D eigenvalue weighted by atomic mass is 9.95. The number of nitrogens with zero attached hydrogens (tertiary/aromatic N) is 2. The Labute approximate surface area is 216 Å². The van der Waals surface area contributed by atoms with Crippen molar-refractivity contribution >= 4 is 5.91 Å². The topological polar surface area (TPSA) is 87.7 Å². The molecule has 2 N–H and O–H groups in total. The van der Waals surface area contributed by atoms with Gasteiger partial charge in [-0.3, -0.25) is 9.89 Å². The van der Waals surface area contributed by atoms with Gasteiger partial charge in [-0.2, -0.15) is 5.10 Å². The summed E-state index contributed by atoms with van der Waals surface area (Å²) in [6.07, 6.45) is 0.848. The second-order valence-corrected chi connectivity index (χ2v) is 9.40. The van der Waals surface area contributed by atoms with Crippen molar-refractivity contribution in [1.82, 2.24) is 15.1 Å². The number of phenolic OH excluding ortho intramolecular Hbond substituents is 1. The molecule has 5 rings (SSSR count). The quantitative estimate of drug-likeness (QED) is 0.274. The van der Waals surface area contributed by atoms with E-state index >= 15 is 0 Å². The highest BCUT2D eigenvalue weighted by Crippen LogP contribution is 2.44. The number of aromatic hydroxyl groups is 1. The van der Waals surface area contributed by atoms with Crippen LogP contribution in [0.3, 0.4) is 0 Å². The lowest BCUT2D eigenvalue weighted by Crippen LogP contribution is -2.31. The zero-order chi connectivity index (χ0) is 25.8. The van der Waals surface area contributed by atoms with Gasteiger partial charge in [0.05, 0.1) is 12.1 Å². The van der Waals surface area contributed by atoms with Crippen molar-refractivity contribution in [3.63, 3.8) is 0 Å². The summed E-state index contributed by atoms with van der Waals surface area (Å²) in [5.74, 6) is 0.765. The molecule has 7 nitrogen and oxygen atoms in total. The van der Waals surface area contributed by atoms with Gasteiger partial charge >= 0.3 is 0 Å². The van der Waals surface area contributed by atoms with Crippen molar-refractivity contribution in [2.45, 2.75) is 39.0 Å². The SMILES string of the molecule is CC(C)OCCCN1C(=O)c2[nH]nc(-c3ccccc3O)c2C1c1ccc(OCc2ccccc2)cc1. The van der Waals surface area contributed by atoms with Crippen LogP contribution in [0.5, 0.6) is 11.5 Å². The van der Waals surface area contributed by atoms with Crippen LogP contribution in [-0.4, -0.2) is 45.4 Å². The number of nitrogens with one attached hydrogen (secondary N) is 1. The van der Waals surface area contributed by atoms with Gasteiger partial charge in [0.25, 0.3) is 5.91 Å². The molecule has 1 amide bonds. The smallest absolute Gasteiger partial charge is 0.273 e. The largest absolute Gasteiger partial charge is 0.507 e. The van der Waals surface area contributed by atoms with E-state index < -0.39 is 0 Å². The number of benzene rings is 3. The van der Waals surface area contributed by atoms with Gasteiger partial charge in [-0.15, -0.1) is 0 Å². The maximum Gasteiger partial charge on any atom is 0.273 e. The number of para-hydroxylation sites is 1. The fourth-order valence-electron chi connectivity index (χ4n) is 4.69. The average molecular weight is 498 g/mol. The first-order valence-corrected chi connectivity index (χ1v) is 12.6. The molecule has 1 atom stereocenters. The molecule has 2 heterocycles. The number of aromatic amines is 1. The maximum absolute atomic E-state index is 13.5. The molecule has 0 saturated heterocycles. The van der Waals surface area contributed by atoms with E-state index in [9.17, 15) is 9.90 Å². The summed E-state index contributed by atoms with van der Waals surface area (Å²) in [4.78, 5) is 15.3. The average Bonchev–Trinajstić information content (AvgIpc) is 3.45. The Kier molecular flexibility index (Phi) is 7.23. The Balaban J connectivity index is 1.45. The molecule has 4 aromatic rings. The van der Waals surface area contributed by atoms with Gasteiger partial charge in [0.15, 0.2) is 0 Å². The summed E-state index contributed by atoms with van der Waals surface area (Å²) < 4.78 is 11.7. The summed E-state index contributed by atoms with van der Waals surface area (Å²) in [5.41, 5.74) is 4.44. The molecule has 3 aromatic carbocycles. The number of amides is 1. The van der Waals surface area contributed by atoms with E-state index in [1.54, 1.807) is 12.1 Å². The van der Waals surface area contributed by atoms with Crippen LogP contribution in [-0.2, 0) is 11.3 Å². The van der Waals surface area contributed by atoms with Crippen LogP contribution < -0.4 is 4.74 Å². The van der Waals surface area contributed by atoms with Gasteiger partial charge in [0.1, 0.15) is 29.5 Å². The Morgan fingerprint density at radius 2 is 1.73 bits per heavy atom. The molecule has 190 valence electrons.